The zero-order chi connectivity index (χ0) is 16.5. The summed E-state index contributed by atoms with van der Waals surface area (Å²) in [5, 5.41) is 4.29. The van der Waals surface area contributed by atoms with Crippen molar-refractivity contribution in [2.75, 3.05) is 12.3 Å². The van der Waals surface area contributed by atoms with Crippen LogP contribution in [0.2, 0.25) is 0 Å². The van der Waals surface area contributed by atoms with Crippen LogP contribution in [0.3, 0.4) is 0 Å². The van der Waals surface area contributed by atoms with E-state index in [2.05, 4.69) is 25.9 Å². The predicted molar refractivity (Wildman–Crippen MR) is 89.4 cm³/mol. The molecule has 128 valence electrons. The second-order valence-corrected chi connectivity index (χ2v) is 10.1. The maximum Gasteiger partial charge on any atom is 0.215 e. The molecule has 0 aromatic carbocycles. The minimum absolute atomic E-state index is 0.00982. The molecular formula is C17H27N3O2S. The molecule has 1 aliphatic heterocycles. The topological polar surface area (TPSA) is 55.2 Å². The maximum atomic E-state index is 12.8. The number of rotatable bonds is 4. The van der Waals surface area contributed by atoms with Gasteiger partial charge in [-0.3, -0.25) is 4.68 Å². The highest BCUT2D eigenvalue weighted by atomic mass is 32.2. The normalized spacial score (nSPS) is 37.3. The van der Waals surface area contributed by atoms with Crippen LogP contribution < -0.4 is 0 Å². The maximum absolute atomic E-state index is 12.8. The van der Waals surface area contributed by atoms with Crippen LogP contribution in [-0.4, -0.2) is 40.8 Å². The standard InChI is InChI=1S/C17H27N3O2S/c1-4-19-11-13(10-18-19)6-8-20-15-9-14-5-7-17(15,16(14,2)3)12-23(20,21)22/h10-11,14-15H,4-9,12H2,1-3H3/t14-,15-,17-/m1/s1. The van der Waals surface area contributed by atoms with Crippen LogP contribution in [0, 0.1) is 16.7 Å². The Kier molecular flexibility index (Phi) is 3.28. The molecule has 0 N–H and O–H groups in total. The van der Waals surface area contributed by atoms with Crippen molar-refractivity contribution in [3.63, 3.8) is 0 Å². The first-order chi connectivity index (χ1) is 10.8. The van der Waals surface area contributed by atoms with E-state index >= 15 is 0 Å². The highest BCUT2D eigenvalue weighted by Gasteiger charge is 2.71. The van der Waals surface area contributed by atoms with Gasteiger partial charge in [-0.2, -0.15) is 9.40 Å². The Morgan fingerprint density at radius 3 is 2.83 bits per heavy atom. The van der Waals surface area contributed by atoms with Crippen LogP contribution in [0.15, 0.2) is 12.4 Å². The lowest BCUT2D eigenvalue weighted by molar-refractivity contribution is 0.114. The quantitative estimate of drug-likeness (QED) is 0.847. The van der Waals surface area contributed by atoms with E-state index in [4.69, 9.17) is 0 Å². The Hall–Kier alpha value is -0.880. The summed E-state index contributed by atoms with van der Waals surface area (Å²) in [4.78, 5) is 0. The first-order valence-corrected chi connectivity index (χ1v) is 10.4. The van der Waals surface area contributed by atoms with Crippen molar-refractivity contribution in [2.24, 2.45) is 16.7 Å². The van der Waals surface area contributed by atoms with Gasteiger partial charge in [0.1, 0.15) is 0 Å². The van der Waals surface area contributed by atoms with Gasteiger partial charge in [-0.05, 0) is 49.5 Å². The van der Waals surface area contributed by atoms with Crippen LogP contribution in [0.4, 0.5) is 0 Å². The van der Waals surface area contributed by atoms with Gasteiger partial charge >= 0.3 is 0 Å². The molecule has 4 rings (SSSR count). The third-order valence-electron chi connectivity index (χ3n) is 7.16. The Balaban J connectivity index is 1.57. The van der Waals surface area contributed by atoms with Gasteiger partial charge in [0.2, 0.25) is 10.0 Å². The van der Waals surface area contributed by atoms with Crippen LogP contribution in [0.1, 0.15) is 45.6 Å². The monoisotopic (exact) mass is 337 g/mol. The number of aryl methyl sites for hydroxylation is 1. The number of sulfonamides is 1. The lowest BCUT2D eigenvalue weighted by atomic mass is 9.69. The molecule has 1 spiro atoms. The summed E-state index contributed by atoms with van der Waals surface area (Å²) in [6, 6.07) is 0.225. The molecule has 5 nitrogen and oxygen atoms in total. The number of nitrogens with zero attached hydrogens (tertiary/aromatic N) is 3. The van der Waals surface area contributed by atoms with Crippen molar-refractivity contribution < 1.29 is 8.42 Å². The second kappa shape index (κ2) is 4.82. The molecule has 3 atom stereocenters. The van der Waals surface area contributed by atoms with Crippen molar-refractivity contribution >= 4 is 10.0 Å². The third-order valence-corrected chi connectivity index (χ3v) is 9.20. The average Bonchev–Trinajstić information content (AvgIpc) is 3.14. The molecule has 0 radical (unpaired) electrons. The third kappa shape index (κ3) is 2.00. The van der Waals surface area contributed by atoms with Gasteiger partial charge in [0.05, 0.1) is 11.9 Å². The van der Waals surface area contributed by atoms with Crippen molar-refractivity contribution in [2.45, 2.75) is 59.0 Å². The summed E-state index contributed by atoms with van der Waals surface area (Å²) < 4.78 is 29.4. The molecule has 0 unspecified atom stereocenters. The molecule has 1 aromatic heterocycles. The molecule has 1 aromatic rings. The fourth-order valence-corrected chi connectivity index (χ4v) is 8.19. The van der Waals surface area contributed by atoms with Crippen LogP contribution >= 0.6 is 0 Å². The lowest BCUT2D eigenvalue weighted by Gasteiger charge is -2.37. The number of hydrogen-bond donors (Lipinski definition) is 0. The van der Waals surface area contributed by atoms with Gasteiger partial charge in [-0.25, -0.2) is 8.42 Å². The Morgan fingerprint density at radius 1 is 1.39 bits per heavy atom. The van der Waals surface area contributed by atoms with Crippen molar-refractivity contribution in [3.05, 3.63) is 18.0 Å². The zero-order valence-electron chi connectivity index (χ0n) is 14.3. The summed E-state index contributed by atoms with van der Waals surface area (Å²) >= 11 is 0. The van der Waals surface area contributed by atoms with Crippen LogP contribution in [0.5, 0.6) is 0 Å². The van der Waals surface area contributed by atoms with Gasteiger partial charge in [0.15, 0.2) is 0 Å². The minimum Gasteiger partial charge on any atom is -0.273 e. The van der Waals surface area contributed by atoms with Gasteiger partial charge in [0.25, 0.3) is 0 Å². The highest BCUT2D eigenvalue weighted by molar-refractivity contribution is 7.89. The largest absolute Gasteiger partial charge is 0.273 e. The first-order valence-electron chi connectivity index (χ1n) is 8.81. The molecule has 2 aliphatic carbocycles. The number of aromatic nitrogens is 2. The molecule has 3 fully saturated rings. The molecule has 2 bridgehead atoms. The zero-order valence-corrected chi connectivity index (χ0v) is 15.1. The first kappa shape index (κ1) is 15.6. The van der Waals surface area contributed by atoms with Crippen LogP contribution in [-0.2, 0) is 23.0 Å². The van der Waals surface area contributed by atoms with Crippen molar-refractivity contribution in [1.29, 1.82) is 0 Å². The SMILES string of the molecule is CCn1cc(CCN2[C@@H]3C[C@H]4CC[C@]3(CS2(=O)=O)C4(C)C)cn1. The van der Waals surface area contributed by atoms with E-state index in [1.807, 2.05) is 21.4 Å². The summed E-state index contributed by atoms with van der Waals surface area (Å²) in [5.41, 5.74) is 1.28. The smallest absolute Gasteiger partial charge is 0.215 e. The molecule has 0 amide bonds. The fourth-order valence-electron chi connectivity index (χ4n) is 5.62. The fraction of sp³-hybridized carbons (Fsp3) is 0.824. The van der Waals surface area contributed by atoms with Crippen molar-refractivity contribution in [1.82, 2.24) is 14.1 Å². The van der Waals surface area contributed by atoms with Gasteiger partial charge in [-0.1, -0.05) is 13.8 Å². The van der Waals surface area contributed by atoms with E-state index in [9.17, 15) is 8.42 Å². The predicted octanol–water partition coefficient (Wildman–Crippen LogP) is 2.29. The molecule has 23 heavy (non-hydrogen) atoms. The highest BCUT2D eigenvalue weighted by Crippen LogP contribution is 2.69. The van der Waals surface area contributed by atoms with E-state index in [0.717, 1.165) is 31.4 Å². The second-order valence-electron chi connectivity index (χ2n) is 8.19. The minimum atomic E-state index is -3.12. The molecule has 3 aliphatic rings. The van der Waals surface area contributed by atoms with E-state index in [-0.39, 0.29) is 16.9 Å². The van der Waals surface area contributed by atoms with E-state index in [1.165, 1.54) is 6.42 Å². The molecular weight excluding hydrogens is 310 g/mol. The number of fused-ring (bicyclic) bond motifs is 1. The van der Waals surface area contributed by atoms with E-state index in [0.29, 0.717) is 18.2 Å². The van der Waals surface area contributed by atoms with E-state index in [1.54, 1.807) is 0 Å². The Bertz CT molecular complexity index is 724. The summed E-state index contributed by atoms with van der Waals surface area (Å²) in [6.07, 6.45) is 8.00. The Labute approximate surface area is 139 Å². The summed E-state index contributed by atoms with van der Waals surface area (Å²) in [5.74, 6) is 1.05. The van der Waals surface area contributed by atoms with Gasteiger partial charge in [0, 0.05) is 30.7 Å². The number of hydrogen-bond acceptors (Lipinski definition) is 3. The molecule has 6 heteroatoms. The lowest BCUT2D eigenvalue weighted by Crippen LogP contribution is -2.42. The van der Waals surface area contributed by atoms with Gasteiger partial charge in [-0.15, -0.1) is 0 Å². The molecule has 2 saturated carbocycles. The van der Waals surface area contributed by atoms with E-state index < -0.39 is 10.0 Å². The average molecular weight is 337 g/mol. The molecule has 2 heterocycles. The van der Waals surface area contributed by atoms with Gasteiger partial charge < -0.3 is 0 Å². The summed E-state index contributed by atoms with van der Waals surface area (Å²) in [7, 11) is -3.12. The Morgan fingerprint density at radius 2 is 2.17 bits per heavy atom. The molecule has 1 saturated heterocycles. The summed E-state index contributed by atoms with van der Waals surface area (Å²) in [6.45, 7) is 8.11. The van der Waals surface area contributed by atoms with Crippen molar-refractivity contribution in [3.8, 4) is 0 Å². The van der Waals surface area contributed by atoms with Crippen LogP contribution in [0.25, 0.3) is 0 Å².